The Morgan fingerprint density at radius 3 is 2.64 bits per heavy atom. The molecule has 2 N–H and O–H groups in total. The Morgan fingerprint density at radius 2 is 2.05 bits per heavy atom. The van der Waals surface area contributed by atoms with Gasteiger partial charge in [-0.05, 0) is 34.1 Å². The summed E-state index contributed by atoms with van der Waals surface area (Å²) in [5, 5.41) is 14.3. The van der Waals surface area contributed by atoms with Crippen LogP contribution in [0.4, 0.5) is 13.2 Å². The molecule has 118 valence electrons. The normalized spacial score (nSPS) is 11.5. The first-order chi connectivity index (χ1) is 10.3. The zero-order chi connectivity index (χ0) is 16.3. The first-order valence-corrected chi connectivity index (χ1v) is 6.79. The highest BCUT2D eigenvalue weighted by Crippen LogP contribution is 2.34. The lowest BCUT2D eigenvalue weighted by molar-refractivity contribution is -0.0802. The van der Waals surface area contributed by atoms with Gasteiger partial charge in [0.05, 0.1) is 10.2 Å². The minimum atomic E-state index is -3.42. The van der Waals surface area contributed by atoms with Crippen molar-refractivity contribution in [2.75, 3.05) is 13.2 Å². The van der Waals surface area contributed by atoms with Crippen molar-refractivity contribution in [2.24, 2.45) is 0 Å². The first-order valence-electron chi connectivity index (χ1n) is 5.99. The van der Waals surface area contributed by atoms with Crippen molar-refractivity contribution in [1.29, 1.82) is 0 Å². The van der Waals surface area contributed by atoms with Crippen LogP contribution in [0.1, 0.15) is 0 Å². The molecule has 2 aromatic rings. The monoisotopic (exact) mass is 378 g/mol. The number of nitrogens with one attached hydrogen (secondary N) is 1. The molecule has 1 heterocycles. The van der Waals surface area contributed by atoms with E-state index in [9.17, 15) is 18.0 Å². The number of hydrogen-bond acceptors (Lipinski definition) is 4. The predicted octanol–water partition coefficient (Wildman–Crippen LogP) is 2.34. The summed E-state index contributed by atoms with van der Waals surface area (Å²) in [6, 6.07) is 5.07. The molecule has 0 aliphatic rings. The third-order valence-corrected chi connectivity index (χ3v) is 3.41. The van der Waals surface area contributed by atoms with Crippen molar-refractivity contribution < 1.29 is 23.0 Å². The molecule has 9 heteroatoms. The van der Waals surface area contributed by atoms with Gasteiger partial charge in [-0.1, -0.05) is 0 Å². The van der Waals surface area contributed by atoms with E-state index in [-0.39, 0.29) is 21.5 Å². The molecule has 0 amide bonds. The fourth-order valence-corrected chi connectivity index (χ4v) is 2.02. The Labute approximate surface area is 130 Å². The molecule has 0 bridgehead atoms. The van der Waals surface area contributed by atoms with Crippen LogP contribution < -0.4 is 10.3 Å². The molecule has 0 saturated heterocycles. The van der Waals surface area contributed by atoms with Gasteiger partial charge in [0.2, 0.25) is 0 Å². The topological polar surface area (TPSA) is 75.2 Å². The summed E-state index contributed by atoms with van der Waals surface area (Å²) in [6.07, 6.45) is 0. The van der Waals surface area contributed by atoms with Gasteiger partial charge in [0.25, 0.3) is 5.56 Å². The van der Waals surface area contributed by atoms with E-state index in [2.05, 4.69) is 26.1 Å². The van der Waals surface area contributed by atoms with Gasteiger partial charge < -0.3 is 9.84 Å². The highest BCUT2D eigenvalue weighted by Gasteiger charge is 2.29. The molecule has 0 saturated carbocycles. The predicted molar refractivity (Wildman–Crippen MR) is 75.5 cm³/mol. The van der Waals surface area contributed by atoms with Crippen LogP contribution in [0.5, 0.6) is 5.75 Å². The molecule has 1 aromatic heterocycles. The Hall–Kier alpha value is -1.87. The highest BCUT2D eigenvalue weighted by atomic mass is 79.9. The van der Waals surface area contributed by atoms with E-state index >= 15 is 0 Å². The second kappa shape index (κ2) is 6.49. The number of hydrogen-bond donors (Lipinski definition) is 2. The largest absolute Gasteiger partial charge is 0.486 e. The summed E-state index contributed by atoms with van der Waals surface area (Å²) in [5.74, 6) is -4.34. The molecule has 0 aliphatic carbocycles. The van der Waals surface area contributed by atoms with E-state index < -0.39 is 30.5 Å². The van der Waals surface area contributed by atoms with Crippen LogP contribution in [0.15, 0.2) is 33.5 Å². The van der Waals surface area contributed by atoms with Crippen LogP contribution in [0, 0.1) is 5.82 Å². The summed E-state index contributed by atoms with van der Waals surface area (Å²) in [4.78, 5) is 10.9. The van der Waals surface area contributed by atoms with Crippen LogP contribution in [0.3, 0.4) is 0 Å². The molecule has 0 unspecified atom stereocenters. The van der Waals surface area contributed by atoms with E-state index in [1.165, 1.54) is 24.3 Å². The van der Waals surface area contributed by atoms with Crippen molar-refractivity contribution in [3.8, 4) is 17.0 Å². The number of aliphatic hydroxyl groups is 1. The number of aromatic amines is 1. The Morgan fingerprint density at radius 1 is 1.32 bits per heavy atom. The lowest BCUT2D eigenvalue weighted by Gasteiger charge is -2.16. The number of benzene rings is 1. The molecule has 1 aromatic carbocycles. The number of ether oxygens (including phenoxy) is 1. The van der Waals surface area contributed by atoms with Crippen molar-refractivity contribution in [3.63, 3.8) is 0 Å². The number of aromatic nitrogens is 2. The van der Waals surface area contributed by atoms with Crippen molar-refractivity contribution in [1.82, 2.24) is 10.2 Å². The SMILES string of the molecule is O=c1ccc(-c2ccc(OCC(F)(F)CO)c(Br)c2F)n[nH]1. The summed E-state index contributed by atoms with van der Waals surface area (Å²) >= 11 is 2.93. The van der Waals surface area contributed by atoms with Crippen LogP contribution in [0.2, 0.25) is 0 Å². The average molecular weight is 379 g/mol. The first kappa shape index (κ1) is 16.5. The second-order valence-electron chi connectivity index (χ2n) is 4.35. The van der Waals surface area contributed by atoms with E-state index in [0.29, 0.717) is 0 Å². The lowest BCUT2D eigenvalue weighted by Crippen LogP contribution is -2.29. The summed E-state index contributed by atoms with van der Waals surface area (Å²) in [5.41, 5.74) is -0.205. The Bertz CT molecular complexity index is 716. The quantitative estimate of drug-likeness (QED) is 0.837. The Kier molecular flexibility index (Phi) is 4.87. The minimum Gasteiger partial charge on any atom is -0.486 e. The van der Waals surface area contributed by atoms with Gasteiger partial charge in [-0.3, -0.25) is 4.79 Å². The van der Waals surface area contributed by atoms with E-state index in [4.69, 9.17) is 9.84 Å². The third-order valence-electron chi connectivity index (χ3n) is 2.67. The van der Waals surface area contributed by atoms with E-state index in [0.717, 1.165) is 0 Å². The fraction of sp³-hybridized carbons (Fsp3) is 0.231. The number of rotatable bonds is 5. The smallest absolute Gasteiger partial charge is 0.303 e. The van der Waals surface area contributed by atoms with Crippen LogP contribution in [-0.4, -0.2) is 34.4 Å². The van der Waals surface area contributed by atoms with Crippen molar-refractivity contribution >= 4 is 15.9 Å². The number of aliphatic hydroxyl groups excluding tert-OH is 1. The van der Waals surface area contributed by atoms with Crippen molar-refractivity contribution in [2.45, 2.75) is 5.92 Å². The lowest BCUT2D eigenvalue weighted by atomic mass is 10.1. The van der Waals surface area contributed by atoms with Crippen LogP contribution >= 0.6 is 15.9 Å². The fourth-order valence-electron chi connectivity index (χ4n) is 1.56. The van der Waals surface area contributed by atoms with Gasteiger partial charge in [0.15, 0.2) is 12.4 Å². The highest BCUT2D eigenvalue weighted by molar-refractivity contribution is 9.10. The van der Waals surface area contributed by atoms with Gasteiger partial charge in [-0.15, -0.1) is 0 Å². The molecule has 0 radical (unpaired) electrons. The minimum absolute atomic E-state index is 0.0596. The summed E-state index contributed by atoms with van der Waals surface area (Å²) in [6.45, 7) is -2.45. The van der Waals surface area contributed by atoms with Gasteiger partial charge in [0.1, 0.15) is 12.4 Å². The van der Waals surface area contributed by atoms with Gasteiger partial charge in [-0.2, -0.15) is 5.10 Å². The van der Waals surface area contributed by atoms with Gasteiger partial charge in [-0.25, -0.2) is 18.3 Å². The molecule has 22 heavy (non-hydrogen) atoms. The molecule has 0 fully saturated rings. The zero-order valence-electron chi connectivity index (χ0n) is 10.9. The average Bonchev–Trinajstić information content (AvgIpc) is 2.50. The summed E-state index contributed by atoms with van der Waals surface area (Å²) < 4.78 is 44.8. The second-order valence-corrected chi connectivity index (χ2v) is 5.14. The zero-order valence-corrected chi connectivity index (χ0v) is 12.5. The van der Waals surface area contributed by atoms with E-state index in [1.54, 1.807) is 0 Å². The summed E-state index contributed by atoms with van der Waals surface area (Å²) in [7, 11) is 0. The molecule has 0 spiro atoms. The molecular weight excluding hydrogens is 369 g/mol. The molecule has 0 aliphatic heterocycles. The van der Waals surface area contributed by atoms with E-state index in [1.807, 2.05) is 0 Å². The maximum Gasteiger partial charge on any atom is 0.303 e. The Balaban J connectivity index is 2.29. The molecule has 5 nitrogen and oxygen atoms in total. The number of nitrogens with zero attached hydrogens (tertiary/aromatic N) is 1. The molecular formula is C13H10BrF3N2O3. The third kappa shape index (κ3) is 3.66. The van der Waals surface area contributed by atoms with Gasteiger partial charge >= 0.3 is 5.92 Å². The maximum absolute atomic E-state index is 14.3. The van der Waals surface area contributed by atoms with Crippen LogP contribution in [0.25, 0.3) is 11.3 Å². The maximum atomic E-state index is 14.3. The number of H-pyrrole nitrogens is 1. The number of halogens is 4. The van der Waals surface area contributed by atoms with Crippen molar-refractivity contribution in [3.05, 3.63) is 44.9 Å². The molecule has 0 atom stereocenters. The number of alkyl halides is 2. The van der Waals surface area contributed by atoms with Gasteiger partial charge in [0, 0.05) is 11.6 Å². The standard InChI is InChI=1S/C13H10BrF3N2O3/c14-11-9(22-6-13(16,17)5-20)3-1-7(12(11)15)8-2-4-10(21)19-18-8/h1-4,20H,5-6H2,(H,19,21). The molecule has 2 rings (SSSR count). The van der Waals surface area contributed by atoms with Crippen LogP contribution in [-0.2, 0) is 0 Å².